The lowest BCUT2D eigenvalue weighted by Crippen LogP contribution is -3.17. The quantitative estimate of drug-likeness (QED) is 0.778. The molecule has 0 amide bonds. The minimum absolute atomic E-state index is 0.841. The first-order valence-electron chi connectivity index (χ1n) is 6.16. The SMILES string of the molecule is CCC[NH+]1CNC(=S)N(c2ccc(C)cc2)C1. The Balaban J connectivity index is 2.12. The van der Waals surface area contributed by atoms with Gasteiger partial charge in [-0.05, 0) is 37.7 Å². The molecule has 0 spiro atoms. The molecule has 17 heavy (non-hydrogen) atoms. The Bertz CT molecular complexity index is 388. The standard InChI is InChI=1S/C13H19N3S/c1-3-8-15-9-14-13(17)16(10-15)12-6-4-11(2)5-7-12/h4-7H,3,8-10H2,1-2H3,(H,14,17)/p+1. The van der Waals surface area contributed by atoms with Crippen LogP contribution in [0.4, 0.5) is 5.69 Å². The summed E-state index contributed by atoms with van der Waals surface area (Å²) in [6.07, 6.45) is 1.20. The van der Waals surface area contributed by atoms with Crippen molar-refractivity contribution in [3.63, 3.8) is 0 Å². The lowest BCUT2D eigenvalue weighted by atomic mass is 10.2. The van der Waals surface area contributed by atoms with Crippen molar-refractivity contribution in [3.05, 3.63) is 29.8 Å². The van der Waals surface area contributed by atoms with Crippen molar-refractivity contribution in [2.24, 2.45) is 0 Å². The van der Waals surface area contributed by atoms with Crippen LogP contribution in [0.2, 0.25) is 0 Å². The highest BCUT2D eigenvalue weighted by molar-refractivity contribution is 7.80. The molecule has 1 aliphatic heterocycles. The fraction of sp³-hybridized carbons (Fsp3) is 0.462. The van der Waals surface area contributed by atoms with E-state index in [0.29, 0.717) is 0 Å². The highest BCUT2D eigenvalue weighted by Gasteiger charge is 2.23. The summed E-state index contributed by atoms with van der Waals surface area (Å²) in [6.45, 7) is 7.40. The summed E-state index contributed by atoms with van der Waals surface area (Å²) in [5.74, 6) is 0. The summed E-state index contributed by atoms with van der Waals surface area (Å²) < 4.78 is 0. The summed E-state index contributed by atoms with van der Waals surface area (Å²) in [6, 6.07) is 8.54. The minimum Gasteiger partial charge on any atom is -0.315 e. The predicted octanol–water partition coefficient (Wildman–Crippen LogP) is 0.899. The number of hydrogen-bond acceptors (Lipinski definition) is 1. The molecule has 1 saturated heterocycles. The monoisotopic (exact) mass is 250 g/mol. The first kappa shape index (κ1) is 12.3. The van der Waals surface area contributed by atoms with E-state index in [-0.39, 0.29) is 0 Å². The van der Waals surface area contributed by atoms with Crippen molar-refractivity contribution in [3.8, 4) is 0 Å². The zero-order chi connectivity index (χ0) is 12.3. The van der Waals surface area contributed by atoms with Crippen LogP contribution in [0.1, 0.15) is 18.9 Å². The van der Waals surface area contributed by atoms with Gasteiger partial charge in [-0.2, -0.15) is 0 Å². The Labute approximate surface area is 108 Å². The molecular formula is C13H20N3S+. The first-order valence-corrected chi connectivity index (χ1v) is 6.57. The van der Waals surface area contributed by atoms with Crippen LogP contribution in [-0.2, 0) is 0 Å². The van der Waals surface area contributed by atoms with Crippen molar-refractivity contribution in [1.29, 1.82) is 0 Å². The second-order valence-corrected chi connectivity index (χ2v) is 4.97. The van der Waals surface area contributed by atoms with Crippen molar-refractivity contribution in [1.82, 2.24) is 5.32 Å². The number of benzene rings is 1. The van der Waals surface area contributed by atoms with Crippen LogP contribution in [0.25, 0.3) is 0 Å². The largest absolute Gasteiger partial charge is 0.315 e. The number of nitrogens with one attached hydrogen (secondary N) is 2. The van der Waals surface area contributed by atoms with Crippen LogP contribution in [-0.4, -0.2) is 25.0 Å². The lowest BCUT2D eigenvalue weighted by molar-refractivity contribution is -0.903. The van der Waals surface area contributed by atoms with Gasteiger partial charge in [0, 0.05) is 5.69 Å². The summed E-state index contributed by atoms with van der Waals surface area (Å²) in [4.78, 5) is 3.71. The van der Waals surface area contributed by atoms with E-state index in [2.05, 4.69) is 48.3 Å². The molecule has 1 aromatic carbocycles. The van der Waals surface area contributed by atoms with Gasteiger partial charge in [-0.1, -0.05) is 24.6 Å². The summed E-state index contributed by atoms with van der Waals surface area (Å²) >= 11 is 5.38. The highest BCUT2D eigenvalue weighted by atomic mass is 32.1. The third kappa shape index (κ3) is 2.96. The fourth-order valence-corrected chi connectivity index (χ4v) is 2.34. The molecule has 3 nitrogen and oxygen atoms in total. The van der Waals surface area contributed by atoms with Gasteiger partial charge in [-0.15, -0.1) is 0 Å². The van der Waals surface area contributed by atoms with Gasteiger partial charge in [-0.25, -0.2) is 0 Å². The molecule has 1 aromatic rings. The van der Waals surface area contributed by atoms with Gasteiger partial charge >= 0.3 is 0 Å². The molecule has 1 fully saturated rings. The topological polar surface area (TPSA) is 19.7 Å². The third-order valence-corrected chi connectivity index (χ3v) is 3.43. The molecule has 0 aliphatic carbocycles. The fourth-order valence-electron chi connectivity index (χ4n) is 2.10. The van der Waals surface area contributed by atoms with E-state index in [9.17, 15) is 0 Å². The van der Waals surface area contributed by atoms with Gasteiger partial charge in [0.05, 0.1) is 6.54 Å². The second-order valence-electron chi connectivity index (χ2n) is 4.58. The molecule has 1 atom stereocenters. The van der Waals surface area contributed by atoms with E-state index in [1.165, 1.54) is 29.1 Å². The van der Waals surface area contributed by atoms with Gasteiger partial charge in [-0.3, -0.25) is 4.90 Å². The number of hydrogen-bond donors (Lipinski definition) is 2. The van der Waals surface area contributed by atoms with E-state index in [4.69, 9.17) is 12.2 Å². The van der Waals surface area contributed by atoms with E-state index in [1.807, 2.05) is 0 Å². The van der Waals surface area contributed by atoms with Gasteiger partial charge in [0.2, 0.25) is 0 Å². The molecule has 2 rings (SSSR count). The summed E-state index contributed by atoms with van der Waals surface area (Å²) in [7, 11) is 0. The van der Waals surface area contributed by atoms with Crippen LogP contribution in [0.3, 0.4) is 0 Å². The first-order chi connectivity index (χ1) is 8.20. The second kappa shape index (κ2) is 5.47. The Kier molecular flexibility index (Phi) is 3.97. The number of thiocarbonyl (C=S) groups is 1. The molecule has 2 N–H and O–H groups in total. The van der Waals surface area contributed by atoms with Crippen molar-refractivity contribution in [2.45, 2.75) is 20.3 Å². The third-order valence-electron chi connectivity index (χ3n) is 3.07. The molecule has 4 heteroatoms. The molecule has 0 saturated carbocycles. The average molecular weight is 250 g/mol. The number of aryl methyl sites for hydroxylation is 1. The Morgan fingerprint density at radius 2 is 2.06 bits per heavy atom. The number of quaternary nitrogens is 1. The molecule has 0 radical (unpaired) electrons. The molecule has 1 unspecified atom stereocenters. The van der Waals surface area contributed by atoms with Crippen LogP contribution in [0.15, 0.2) is 24.3 Å². The van der Waals surface area contributed by atoms with Crippen LogP contribution in [0.5, 0.6) is 0 Å². The maximum atomic E-state index is 5.38. The van der Waals surface area contributed by atoms with Gasteiger partial charge in [0.25, 0.3) is 0 Å². The van der Waals surface area contributed by atoms with Crippen molar-refractivity contribution in [2.75, 3.05) is 24.8 Å². The average Bonchev–Trinajstić information content (AvgIpc) is 2.33. The summed E-state index contributed by atoms with van der Waals surface area (Å²) in [5, 5.41) is 4.14. The Morgan fingerprint density at radius 1 is 1.35 bits per heavy atom. The molecule has 0 bridgehead atoms. The number of anilines is 1. The Hall–Kier alpha value is -1.13. The van der Waals surface area contributed by atoms with Gasteiger partial charge in [0.15, 0.2) is 18.4 Å². The van der Waals surface area contributed by atoms with E-state index >= 15 is 0 Å². The van der Waals surface area contributed by atoms with Gasteiger partial charge < -0.3 is 10.2 Å². The zero-order valence-corrected chi connectivity index (χ0v) is 11.3. The zero-order valence-electron chi connectivity index (χ0n) is 10.5. The molecule has 0 aromatic heterocycles. The molecule has 1 aliphatic rings. The highest BCUT2D eigenvalue weighted by Crippen LogP contribution is 2.14. The maximum absolute atomic E-state index is 5.38. The number of rotatable bonds is 3. The molecular weight excluding hydrogens is 230 g/mol. The summed E-state index contributed by atoms with van der Waals surface area (Å²) in [5.41, 5.74) is 2.46. The lowest BCUT2D eigenvalue weighted by Gasteiger charge is -2.35. The molecule has 1 heterocycles. The van der Waals surface area contributed by atoms with E-state index in [0.717, 1.165) is 18.4 Å². The maximum Gasteiger partial charge on any atom is 0.182 e. The van der Waals surface area contributed by atoms with Crippen molar-refractivity contribution >= 4 is 23.0 Å². The normalized spacial score (nSPS) is 20.2. The van der Waals surface area contributed by atoms with Crippen molar-refractivity contribution < 1.29 is 4.90 Å². The molecule has 92 valence electrons. The number of nitrogens with zero attached hydrogens (tertiary/aromatic N) is 1. The smallest absolute Gasteiger partial charge is 0.182 e. The van der Waals surface area contributed by atoms with Gasteiger partial charge in [0.1, 0.15) is 0 Å². The van der Waals surface area contributed by atoms with Crippen LogP contribution >= 0.6 is 12.2 Å². The predicted molar refractivity (Wildman–Crippen MR) is 75.2 cm³/mol. The minimum atomic E-state index is 0.841. The Morgan fingerprint density at radius 3 is 2.71 bits per heavy atom. The van der Waals surface area contributed by atoms with Crippen LogP contribution in [0, 0.1) is 6.92 Å². The van der Waals surface area contributed by atoms with E-state index < -0.39 is 0 Å². The van der Waals surface area contributed by atoms with E-state index in [1.54, 1.807) is 0 Å². The van der Waals surface area contributed by atoms with Crippen LogP contribution < -0.4 is 15.1 Å².